The van der Waals surface area contributed by atoms with Crippen molar-refractivity contribution in [1.29, 1.82) is 0 Å². The largest absolute Gasteiger partial charge is 0.396 e. The van der Waals surface area contributed by atoms with Gasteiger partial charge in [0.15, 0.2) is 0 Å². The highest BCUT2D eigenvalue weighted by molar-refractivity contribution is 5.18. The molecule has 0 amide bonds. The summed E-state index contributed by atoms with van der Waals surface area (Å²) in [6, 6.07) is 8.57. The van der Waals surface area contributed by atoms with Crippen molar-refractivity contribution in [2.45, 2.75) is 12.8 Å². The van der Waals surface area contributed by atoms with E-state index in [1.807, 2.05) is 0 Å². The summed E-state index contributed by atoms with van der Waals surface area (Å²) in [6.45, 7) is -1.89. The van der Waals surface area contributed by atoms with Crippen molar-refractivity contribution in [2.75, 3.05) is 6.58 Å². The van der Waals surface area contributed by atoms with Crippen LogP contribution in [0.25, 0.3) is 0 Å². The third kappa shape index (κ3) is 1.58. The molecule has 0 aliphatic carbocycles. The van der Waals surface area contributed by atoms with E-state index in [4.69, 9.17) is 9.22 Å². The highest BCUT2D eigenvalue weighted by Gasteiger charge is 2.00. The van der Waals surface area contributed by atoms with Gasteiger partial charge in [0.1, 0.15) is 0 Å². The maximum atomic E-state index is 9.08. The molecule has 0 radical (unpaired) electrons. The van der Waals surface area contributed by atoms with Crippen molar-refractivity contribution in [3.8, 4) is 0 Å². The van der Waals surface area contributed by atoms with Gasteiger partial charge >= 0.3 is 0 Å². The van der Waals surface area contributed by atoms with E-state index in [0.29, 0.717) is 5.56 Å². The first-order valence-electron chi connectivity index (χ1n) is 4.85. The standard InChI is InChI=1S/C9H12O/c1-8(7-10)9-5-3-2-4-6-9/h2-6,8,10H,7H2,1H3/i1D,7D,8D. The summed E-state index contributed by atoms with van der Waals surface area (Å²) in [7, 11) is 0. The van der Waals surface area contributed by atoms with Gasteiger partial charge in [-0.3, -0.25) is 0 Å². The van der Waals surface area contributed by atoms with Crippen LogP contribution >= 0.6 is 0 Å². The zero-order chi connectivity index (χ0) is 9.90. The number of aliphatic hydroxyl groups excluding tert-OH is 1. The van der Waals surface area contributed by atoms with Gasteiger partial charge < -0.3 is 5.11 Å². The van der Waals surface area contributed by atoms with Crippen LogP contribution in [0.1, 0.15) is 22.5 Å². The van der Waals surface area contributed by atoms with E-state index in [9.17, 15) is 0 Å². The van der Waals surface area contributed by atoms with Gasteiger partial charge in [-0.2, -0.15) is 0 Å². The molecule has 0 aliphatic heterocycles. The highest BCUT2D eigenvalue weighted by atomic mass is 16.3. The quantitative estimate of drug-likeness (QED) is 0.662. The van der Waals surface area contributed by atoms with Crippen LogP contribution in [-0.4, -0.2) is 11.7 Å². The van der Waals surface area contributed by atoms with Crippen molar-refractivity contribution in [3.63, 3.8) is 0 Å². The van der Waals surface area contributed by atoms with E-state index in [1.165, 1.54) is 0 Å². The fraction of sp³-hybridized carbons (Fsp3) is 0.333. The first-order valence-corrected chi connectivity index (χ1v) is 3.06. The first-order chi connectivity index (χ1) is 6.11. The molecule has 0 saturated heterocycles. The molecule has 1 heteroatoms. The van der Waals surface area contributed by atoms with Gasteiger partial charge in [-0.05, 0) is 5.56 Å². The van der Waals surface area contributed by atoms with Crippen LogP contribution in [0.2, 0.25) is 0 Å². The van der Waals surface area contributed by atoms with Crippen molar-refractivity contribution in [3.05, 3.63) is 35.9 Å². The minimum absolute atomic E-state index is 0.318. The third-order valence-corrected chi connectivity index (χ3v) is 1.30. The molecule has 1 aromatic carbocycles. The molecule has 1 rings (SSSR count). The van der Waals surface area contributed by atoms with Gasteiger partial charge in [-0.1, -0.05) is 37.2 Å². The Hall–Kier alpha value is -0.820. The number of rotatable bonds is 2. The Kier molecular flexibility index (Phi) is 1.40. The average Bonchev–Trinajstić information content (AvgIpc) is 2.17. The lowest BCUT2D eigenvalue weighted by molar-refractivity contribution is 0.273. The highest BCUT2D eigenvalue weighted by Crippen LogP contribution is 2.12. The molecule has 0 fully saturated rings. The molecule has 10 heavy (non-hydrogen) atoms. The van der Waals surface area contributed by atoms with Crippen LogP contribution in [0.4, 0.5) is 0 Å². The minimum Gasteiger partial charge on any atom is -0.396 e. The van der Waals surface area contributed by atoms with Gasteiger partial charge in [-0.15, -0.1) is 0 Å². The van der Waals surface area contributed by atoms with E-state index in [-0.39, 0.29) is 6.90 Å². The summed E-state index contributed by atoms with van der Waals surface area (Å²) in [5.74, 6) is -1.53. The molecular weight excluding hydrogens is 124 g/mol. The van der Waals surface area contributed by atoms with Gasteiger partial charge in [0, 0.05) is 15.2 Å². The van der Waals surface area contributed by atoms with Crippen molar-refractivity contribution < 1.29 is 9.22 Å². The van der Waals surface area contributed by atoms with Crippen LogP contribution in [0, 0.1) is 0 Å². The summed E-state index contributed by atoms with van der Waals surface area (Å²) in [5.41, 5.74) is 0.507. The summed E-state index contributed by atoms with van der Waals surface area (Å²) >= 11 is 0. The van der Waals surface area contributed by atoms with Crippen LogP contribution in [-0.2, 0) is 0 Å². The second-order valence-corrected chi connectivity index (χ2v) is 2.02. The fourth-order valence-electron chi connectivity index (χ4n) is 0.727. The van der Waals surface area contributed by atoms with Crippen LogP contribution in [0.5, 0.6) is 0 Å². The maximum absolute atomic E-state index is 9.08. The Morgan fingerprint density at radius 2 is 2.40 bits per heavy atom. The van der Waals surface area contributed by atoms with Crippen LogP contribution in [0.3, 0.4) is 0 Å². The second kappa shape index (κ2) is 3.37. The summed E-state index contributed by atoms with van der Waals surface area (Å²) < 4.78 is 22.0. The summed E-state index contributed by atoms with van der Waals surface area (Å²) in [5, 5.41) is 9.08. The first kappa shape index (κ1) is 4.14. The van der Waals surface area contributed by atoms with Crippen molar-refractivity contribution >= 4 is 0 Å². The molecule has 2 unspecified atom stereocenters. The molecule has 1 N–H and O–H groups in total. The monoisotopic (exact) mass is 139 g/mol. The van der Waals surface area contributed by atoms with Crippen molar-refractivity contribution in [2.24, 2.45) is 0 Å². The number of hydrogen-bond acceptors (Lipinski definition) is 1. The zero-order valence-electron chi connectivity index (χ0n) is 8.62. The average molecular weight is 139 g/mol. The Labute approximate surface area is 65.5 Å². The molecule has 54 valence electrons. The van der Waals surface area contributed by atoms with Gasteiger partial charge in [0.05, 0.1) is 1.37 Å². The Bertz CT molecular complexity index is 263. The van der Waals surface area contributed by atoms with Crippen LogP contribution in [0.15, 0.2) is 30.3 Å². The lowest BCUT2D eigenvalue weighted by Crippen LogP contribution is -1.97. The smallest absolute Gasteiger partial charge is 0.0570 e. The molecular formula is C9H12O. The van der Waals surface area contributed by atoms with Gasteiger partial charge in [-0.25, -0.2) is 0 Å². The fourth-order valence-corrected chi connectivity index (χ4v) is 0.727. The van der Waals surface area contributed by atoms with Gasteiger partial charge in [0.25, 0.3) is 0 Å². The second-order valence-electron chi connectivity index (χ2n) is 2.02. The van der Waals surface area contributed by atoms with Crippen molar-refractivity contribution in [1.82, 2.24) is 0 Å². The third-order valence-electron chi connectivity index (χ3n) is 1.30. The Morgan fingerprint density at radius 3 is 2.90 bits per heavy atom. The molecule has 1 aromatic rings. The van der Waals surface area contributed by atoms with Gasteiger partial charge in [0.2, 0.25) is 0 Å². The molecule has 1 nitrogen and oxygen atoms in total. The lowest BCUT2D eigenvalue weighted by Gasteiger charge is -2.05. The van der Waals surface area contributed by atoms with Crippen LogP contribution < -0.4 is 0 Å². The lowest BCUT2D eigenvalue weighted by atomic mass is 10.0. The zero-order valence-corrected chi connectivity index (χ0v) is 5.62. The molecule has 2 atom stereocenters. The van der Waals surface area contributed by atoms with E-state index < -0.39 is 12.5 Å². The molecule has 0 bridgehead atoms. The molecule has 0 heterocycles. The molecule has 0 spiro atoms. The topological polar surface area (TPSA) is 20.2 Å². The van der Waals surface area contributed by atoms with E-state index in [0.717, 1.165) is 0 Å². The number of benzene rings is 1. The minimum atomic E-state index is -1.58. The predicted molar refractivity (Wildman–Crippen MR) is 41.9 cm³/mol. The maximum Gasteiger partial charge on any atom is 0.0570 e. The summed E-state index contributed by atoms with van der Waals surface area (Å²) in [4.78, 5) is 0. The predicted octanol–water partition coefficient (Wildman–Crippen LogP) is 1.78. The van der Waals surface area contributed by atoms with E-state index in [2.05, 4.69) is 0 Å². The normalized spacial score (nSPS) is 23.5. The Morgan fingerprint density at radius 1 is 1.70 bits per heavy atom. The molecule has 0 saturated carbocycles. The SMILES string of the molecule is [2H]CC([2H])(c1ccccc1)C([2H])O. The van der Waals surface area contributed by atoms with E-state index >= 15 is 0 Å². The molecule has 0 aromatic heterocycles. The number of hydrogen-bond donors (Lipinski definition) is 1. The number of aliphatic hydroxyl groups is 1. The van der Waals surface area contributed by atoms with E-state index in [1.54, 1.807) is 30.3 Å². The Balaban J connectivity index is 3.03. The summed E-state index contributed by atoms with van der Waals surface area (Å²) in [6.07, 6.45) is 0. The molecule has 0 aliphatic rings.